The fourth-order valence-electron chi connectivity index (χ4n) is 1.10. The number of hydrogen-bond acceptors (Lipinski definition) is 3. The number of aliphatic carboxylic acids is 2. The molecular formula is C11H20N2O5. The smallest absolute Gasteiger partial charge is 0.326 e. The minimum atomic E-state index is -1.25. The Morgan fingerprint density at radius 2 is 1.61 bits per heavy atom. The Balaban J connectivity index is 4.28. The lowest BCUT2D eigenvalue weighted by atomic mass is 10.1. The Morgan fingerprint density at radius 3 is 2.00 bits per heavy atom. The summed E-state index contributed by atoms with van der Waals surface area (Å²) in [4.78, 5) is 32.7. The molecule has 0 spiro atoms. The van der Waals surface area contributed by atoms with Gasteiger partial charge in [0.05, 0.1) is 0 Å². The van der Waals surface area contributed by atoms with Crippen molar-refractivity contribution in [2.24, 2.45) is 5.92 Å². The number of carbonyl (C=O) groups excluding carboxylic acids is 1. The van der Waals surface area contributed by atoms with Crippen LogP contribution in [-0.4, -0.2) is 40.3 Å². The number of amides is 2. The third-order valence-electron chi connectivity index (χ3n) is 2.61. The summed E-state index contributed by atoms with van der Waals surface area (Å²) in [5.74, 6) is -2.12. The van der Waals surface area contributed by atoms with Gasteiger partial charge in [-0.05, 0) is 19.3 Å². The third-order valence-corrected chi connectivity index (χ3v) is 2.61. The van der Waals surface area contributed by atoms with Crippen LogP contribution in [0, 0.1) is 5.92 Å². The van der Waals surface area contributed by atoms with Gasteiger partial charge in [-0.25, -0.2) is 9.59 Å². The molecule has 18 heavy (non-hydrogen) atoms. The molecule has 2 amide bonds. The Labute approximate surface area is 106 Å². The predicted octanol–water partition coefficient (Wildman–Crippen LogP) is 0.648. The van der Waals surface area contributed by atoms with Gasteiger partial charge < -0.3 is 20.8 Å². The quantitative estimate of drug-likeness (QED) is 0.536. The molecule has 1 unspecified atom stereocenters. The van der Waals surface area contributed by atoms with E-state index in [-0.39, 0.29) is 24.8 Å². The highest BCUT2D eigenvalue weighted by Gasteiger charge is 2.21. The van der Waals surface area contributed by atoms with E-state index < -0.39 is 24.0 Å². The maximum atomic E-state index is 11.5. The molecule has 0 saturated heterocycles. The van der Waals surface area contributed by atoms with Crippen LogP contribution in [0.2, 0.25) is 0 Å². The standard InChI is InChI=1S/C11H20N2O5/c1-6(2)7(3)12-11(18)13-8(10(16)17)4-5-9(14)15/h6-8H,4-5H2,1-3H3,(H,14,15)(H,16,17)(H2,12,13,18)/t7?,8-/m0/s1. The van der Waals surface area contributed by atoms with Gasteiger partial charge in [-0.1, -0.05) is 13.8 Å². The Hall–Kier alpha value is -1.79. The van der Waals surface area contributed by atoms with Crippen molar-refractivity contribution >= 4 is 18.0 Å². The number of nitrogens with one attached hydrogen (secondary N) is 2. The molecule has 0 aromatic carbocycles. The second-order valence-corrected chi connectivity index (χ2v) is 4.47. The lowest BCUT2D eigenvalue weighted by Crippen LogP contribution is -2.49. The van der Waals surface area contributed by atoms with Gasteiger partial charge in [-0.3, -0.25) is 4.79 Å². The van der Waals surface area contributed by atoms with Gasteiger partial charge in [0.1, 0.15) is 6.04 Å². The first-order chi connectivity index (χ1) is 8.23. The largest absolute Gasteiger partial charge is 0.481 e. The van der Waals surface area contributed by atoms with Gasteiger partial charge in [0, 0.05) is 12.5 Å². The molecule has 0 radical (unpaired) electrons. The molecule has 0 saturated carbocycles. The molecule has 7 nitrogen and oxygen atoms in total. The molecule has 0 aromatic heterocycles. The molecule has 0 bridgehead atoms. The summed E-state index contributed by atoms with van der Waals surface area (Å²) in [5.41, 5.74) is 0. The van der Waals surface area contributed by atoms with Crippen LogP contribution in [0.25, 0.3) is 0 Å². The molecule has 0 aliphatic carbocycles. The van der Waals surface area contributed by atoms with Crippen molar-refractivity contribution in [2.75, 3.05) is 0 Å². The molecule has 0 fully saturated rings. The molecule has 0 rings (SSSR count). The summed E-state index contributed by atoms with van der Waals surface area (Å²) >= 11 is 0. The van der Waals surface area contributed by atoms with E-state index in [1.54, 1.807) is 6.92 Å². The van der Waals surface area contributed by atoms with Crippen molar-refractivity contribution in [3.63, 3.8) is 0 Å². The van der Waals surface area contributed by atoms with Crippen LogP contribution in [-0.2, 0) is 9.59 Å². The average molecular weight is 260 g/mol. The van der Waals surface area contributed by atoms with Crippen LogP contribution < -0.4 is 10.6 Å². The predicted molar refractivity (Wildman–Crippen MR) is 64.3 cm³/mol. The van der Waals surface area contributed by atoms with Gasteiger partial charge in [0.25, 0.3) is 0 Å². The van der Waals surface area contributed by atoms with E-state index >= 15 is 0 Å². The van der Waals surface area contributed by atoms with Crippen LogP contribution in [0.5, 0.6) is 0 Å². The monoisotopic (exact) mass is 260 g/mol. The molecule has 104 valence electrons. The van der Waals surface area contributed by atoms with Crippen molar-refractivity contribution < 1.29 is 24.6 Å². The van der Waals surface area contributed by atoms with Gasteiger partial charge in [-0.2, -0.15) is 0 Å². The van der Waals surface area contributed by atoms with E-state index in [1.165, 1.54) is 0 Å². The second kappa shape index (κ2) is 7.52. The number of carboxylic acid groups (broad SMARTS) is 2. The molecule has 0 aliphatic rings. The van der Waals surface area contributed by atoms with E-state index in [0.29, 0.717) is 0 Å². The Bertz CT molecular complexity index is 317. The van der Waals surface area contributed by atoms with Crippen LogP contribution in [0.3, 0.4) is 0 Å². The first-order valence-corrected chi connectivity index (χ1v) is 5.75. The number of rotatable bonds is 7. The van der Waals surface area contributed by atoms with Gasteiger partial charge in [-0.15, -0.1) is 0 Å². The molecule has 4 N–H and O–H groups in total. The number of hydrogen-bond donors (Lipinski definition) is 4. The molecule has 7 heteroatoms. The zero-order valence-electron chi connectivity index (χ0n) is 10.8. The van der Waals surface area contributed by atoms with Crippen molar-refractivity contribution in [1.29, 1.82) is 0 Å². The molecule has 0 heterocycles. The van der Waals surface area contributed by atoms with Crippen LogP contribution in [0.4, 0.5) is 4.79 Å². The highest BCUT2D eigenvalue weighted by Crippen LogP contribution is 2.01. The summed E-state index contributed by atoms with van der Waals surface area (Å²) < 4.78 is 0. The minimum Gasteiger partial charge on any atom is -0.481 e. The summed E-state index contributed by atoms with van der Waals surface area (Å²) in [5, 5.41) is 22.2. The molecular weight excluding hydrogens is 240 g/mol. The number of urea groups is 1. The highest BCUT2D eigenvalue weighted by atomic mass is 16.4. The maximum absolute atomic E-state index is 11.5. The van der Waals surface area contributed by atoms with E-state index in [4.69, 9.17) is 10.2 Å². The van der Waals surface area contributed by atoms with Crippen molar-refractivity contribution in [3.8, 4) is 0 Å². The van der Waals surface area contributed by atoms with Crippen molar-refractivity contribution in [3.05, 3.63) is 0 Å². The number of carbonyl (C=O) groups is 3. The minimum absolute atomic E-state index is 0.0982. The van der Waals surface area contributed by atoms with Crippen molar-refractivity contribution in [1.82, 2.24) is 10.6 Å². The lowest BCUT2D eigenvalue weighted by Gasteiger charge is -2.20. The van der Waals surface area contributed by atoms with Gasteiger partial charge in [0.15, 0.2) is 0 Å². The molecule has 2 atom stereocenters. The topological polar surface area (TPSA) is 116 Å². The zero-order valence-corrected chi connectivity index (χ0v) is 10.8. The lowest BCUT2D eigenvalue weighted by molar-refractivity contribution is -0.140. The summed E-state index contributed by atoms with van der Waals surface area (Å²) in [7, 11) is 0. The highest BCUT2D eigenvalue weighted by molar-refractivity contribution is 5.83. The summed E-state index contributed by atoms with van der Waals surface area (Å²) in [6.07, 6.45) is -0.453. The van der Waals surface area contributed by atoms with E-state index in [0.717, 1.165) is 0 Å². The fraction of sp³-hybridized carbons (Fsp3) is 0.727. The van der Waals surface area contributed by atoms with E-state index in [2.05, 4.69) is 10.6 Å². The van der Waals surface area contributed by atoms with Crippen LogP contribution in [0.15, 0.2) is 0 Å². The fourth-order valence-corrected chi connectivity index (χ4v) is 1.10. The Morgan fingerprint density at radius 1 is 1.06 bits per heavy atom. The average Bonchev–Trinajstić information content (AvgIpc) is 2.23. The molecule has 0 aromatic rings. The number of carboxylic acids is 2. The Kier molecular flexibility index (Phi) is 6.77. The SMILES string of the molecule is CC(C)C(C)NC(=O)N[C@@H](CCC(=O)O)C(=O)O. The normalized spacial score (nSPS) is 13.8. The van der Waals surface area contributed by atoms with E-state index in [9.17, 15) is 14.4 Å². The van der Waals surface area contributed by atoms with Gasteiger partial charge in [0.2, 0.25) is 0 Å². The zero-order chi connectivity index (χ0) is 14.3. The summed E-state index contributed by atoms with van der Waals surface area (Å²) in [6.45, 7) is 5.64. The first kappa shape index (κ1) is 16.2. The van der Waals surface area contributed by atoms with E-state index in [1.807, 2.05) is 13.8 Å². The van der Waals surface area contributed by atoms with Crippen LogP contribution in [0.1, 0.15) is 33.6 Å². The van der Waals surface area contributed by atoms with Crippen molar-refractivity contribution in [2.45, 2.75) is 45.7 Å². The third kappa shape index (κ3) is 6.72. The second-order valence-electron chi connectivity index (χ2n) is 4.47. The first-order valence-electron chi connectivity index (χ1n) is 5.75. The van der Waals surface area contributed by atoms with Gasteiger partial charge >= 0.3 is 18.0 Å². The van der Waals surface area contributed by atoms with Crippen LogP contribution >= 0.6 is 0 Å². The molecule has 0 aliphatic heterocycles. The summed E-state index contributed by atoms with van der Waals surface area (Å²) in [6, 6.07) is -1.90. The maximum Gasteiger partial charge on any atom is 0.326 e.